The van der Waals surface area contributed by atoms with Crippen molar-refractivity contribution in [2.75, 3.05) is 6.54 Å². The molecule has 0 unspecified atom stereocenters. The molecule has 0 saturated carbocycles. The predicted molar refractivity (Wildman–Crippen MR) is 128 cm³/mol. The molecule has 0 fully saturated rings. The van der Waals surface area contributed by atoms with Gasteiger partial charge in [-0.15, -0.1) is 0 Å². The van der Waals surface area contributed by atoms with E-state index in [1.165, 1.54) is 0 Å². The summed E-state index contributed by atoms with van der Waals surface area (Å²) in [6.07, 6.45) is -0.806. The third-order valence-corrected chi connectivity index (χ3v) is 5.83. The van der Waals surface area contributed by atoms with Gasteiger partial charge in [0.2, 0.25) is 0 Å². The smallest absolute Gasteiger partial charge is 0.270 e. The van der Waals surface area contributed by atoms with Gasteiger partial charge in [-0.25, -0.2) is 4.98 Å². The number of nitrogens with one attached hydrogen (secondary N) is 2. The molecule has 158 valence electrons. The van der Waals surface area contributed by atoms with Gasteiger partial charge < -0.3 is 15.4 Å². The number of para-hydroxylation sites is 1. The molecule has 5 rings (SSSR count). The SMILES string of the molecule is O=C(NC[C@@H](O)c1ccccc1)c1cc2c([nH]c3ccccc32)c(-c2ccccc2Cl)n1. The van der Waals surface area contributed by atoms with Crippen molar-refractivity contribution in [1.29, 1.82) is 0 Å². The van der Waals surface area contributed by atoms with Crippen LogP contribution in [-0.2, 0) is 0 Å². The zero-order valence-electron chi connectivity index (χ0n) is 17.0. The molecule has 5 aromatic rings. The molecule has 3 N–H and O–H groups in total. The first kappa shape index (κ1) is 20.2. The number of aliphatic hydroxyl groups excluding tert-OH is 1. The molecule has 0 aliphatic carbocycles. The van der Waals surface area contributed by atoms with Crippen molar-refractivity contribution in [3.8, 4) is 11.3 Å². The second kappa shape index (κ2) is 8.46. The topological polar surface area (TPSA) is 78.0 Å². The van der Waals surface area contributed by atoms with Crippen molar-refractivity contribution in [2.45, 2.75) is 6.10 Å². The van der Waals surface area contributed by atoms with Gasteiger partial charge in [-0.2, -0.15) is 0 Å². The highest BCUT2D eigenvalue weighted by Crippen LogP contribution is 2.35. The highest BCUT2D eigenvalue weighted by Gasteiger charge is 2.19. The maximum Gasteiger partial charge on any atom is 0.270 e. The summed E-state index contributed by atoms with van der Waals surface area (Å²) in [5, 5.41) is 15.6. The summed E-state index contributed by atoms with van der Waals surface area (Å²) in [7, 11) is 0. The van der Waals surface area contributed by atoms with Crippen molar-refractivity contribution in [1.82, 2.24) is 15.3 Å². The largest absolute Gasteiger partial charge is 0.387 e. The van der Waals surface area contributed by atoms with Gasteiger partial charge in [0.15, 0.2) is 0 Å². The van der Waals surface area contributed by atoms with Crippen molar-refractivity contribution in [3.05, 3.63) is 101 Å². The second-order valence-corrected chi connectivity index (χ2v) is 7.97. The average Bonchev–Trinajstić information content (AvgIpc) is 3.21. The first-order valence-electron chi connectivity index (χ1n) is 10.3. The fraction of sp³-hybridized carbons (Fsp3) is 0.0769. The molecule has 0 aliphatic heterocycles. The first-order chi connectivity index (χ1) is 15.6. The molecule has 2 aromatic heterocycles. The van der Waals surface area contributed by atoms with E-state index in [2.05, 4.69) is 15.3 Å². The van der Waals surface area contributed by atoms with Crippen LogP contribution in [0.15, 0.2) is 84.9 Å². The normalized spacial score (nSPS) is 12.2. The number of benzene rings is 3. The molecular weight excluding hydrogens is 422 g/mol. The first-order valence-corrected chi connectivity index (χ1v) is 10.7. The lowest BCUT2D eigenvalue weighted by Gasteiger charge is -2.13. The Morgan fingerprint density at radius 3 is 2.50 bits per heavy atom. The Morgan fingerprint density at radius 2 is 1.69 bits per heavy atom. The van der Waals surface area contributed by atoms with E-state index >= 15 is 0 Å². The van der Waals surface area contributed by atoms with E-state index in [0.717, 1.165) is 32.9 Å². The summed E-state index contributed by atoms with van der Waals surface area (Å²) in [6, 6.07) is 26.3. The summed E-state index contributed by atoms with van der Waals surface area (Å²) in [5.41, 5.74) is 4.12. The summed E-state index contributed by atoms with van der Waals surface area (Å²) >= 11 is 6.47. The van der Waals surface area contributed by atoms with Crippen LogP contribution in [0.4, 0.5) is 0 Å². The van der Waals surface area contributed by atoms with Crippen molar-refractivity contribution in [3.63, 3.8) is 0 Å². The molecular formula is C26H20ClN3O2. The summed E-state index contributed by atoms with van der Waals surface area (Å²) in [6.45, 7) is 0.0812. The van der Waals surface area contributed by atoms with E-state index in [9.17, 15) is 9.90 Å². The third kappa shape index (κ3) is 3.73. The van der Waals surface area contributed by atoms with Gasteiger partial charge in [-0.05, 0) is 23.8 Å². The average molecular weight is 442 g/mol. The minimum absolute atomic E-state index is 0.0812. The molecule has 5 nitrogen and oxygen atoms in total. The lowest BCUT2D eigenvalue weighted by atomic mass is 10.1. The molecule has 0 aliphatic rings. The van der Waals surface area contributed by atoms with Gasteiger partial charge >= 0.3 is 0 Å². The molecule has 0 radical (unpaired) electrons. The van der Waals surface area contributed by atoms with E-state index < -0.39 is 6.10 Å². The number of carbonyl (C=O) groups is 1. The van der Waals surface area contributed by atoms with Crippen molar-refractivity contribution >= 4 is 39.3 Å². The number of fused-ring (bicyclic) bond motifs is 3. The maximum atomic E-state index is 13.0. The van der Waals surface area contributed by atoms with Crippen LogP contribution < -0.4 is 5.32 Å². The summed E-state index contributed by atoms with van der Waals surface area (Å²) in [4.78, 5) is 21.1. The number of aromatic amines is 1. The number of halogens is 1. The number of nitrogens with zero attached hydrogens (tertiary/aromatic N) is 1. The Kier molecular flexibility index (Phi) is 5.35. The van der Waals surface area contributed by atoms with Gasteiger partial charge in [0, 0.05) is 28.4 Å². The summed E-state index contributed by atoms with van der Waals surface area (Å²) < 4.78 is 0. The number of H-pyrrole nitrogens is 1. The standard InChI is InChI=1S/C26H20ClN3O2/c27-20-12-6-4-11-18(20)24-25-19(17-10-5-7-13-21(17)29-25)14-22(30-24)26(32)28-15-23(31)16-8-2-1-3-9-16/h1-14,23,29,31H,15H2,(H,28,32)/t23-/m1/s1. The van der Waals surface area contributed by atoms with Gasteiger partial charge in [-0.3, -0.25) is 4.79 Å². The minimum Gasteiger partial charge on any atom is -0.387 e. The van der Waals surface area contributed by atoms with Crippen molar-refractivity contribution < 1.29 is 9.90 Å². The molecule has 32 heavy (non-hydrogen) atoms. The molecule has 0 saturated heterocycles. The van der Waals surface area contributed by atoms with E-state index in [0.29, 0.717) is 10.7 Å². The van der Waals surface area contributed by atoms with Gasteiger partial charge in [0.1, 0.15) is 5.69 Å². The number of amides is 1. The minimum atomic E-state index is -0.806. The Bertz CT molecular complexity index is 1430. The lowest BCUT2D eigenvalue weighted by molar-refractivity contribution is 0.0911. The molecule has 6 heteroatoms. The van der Waals surface area contributed by atoms with Gasteiger partial charge in [0.05, 0.1) is 22.3 Å². The maximum absolute atomic E-state index is 13.0. The van der Waals surface area contributed by atoms with Crippen LogP contribution in [0.25, 0.3) is 33.1 Å². The molecule has 1 atom stereocenters. The summed E-state index contributed by atoms with van der Waals surface area (Å²) in [5.74, 6) is -0.361. The number of carbonyl (C=O) groups excluding carboxylic acids is 1. The highest BCUT2D eigenvalue weighted by molar-refractivity contribution is 6.33. The third-order valence-electron chi connectivity index (χ3n) is 5.50. The zero-order valence-corrected chi connectivity index (χ0v) is 17.8. The Morgan fingerprint density at radius 1 is 0.969 bits per heavy atom. The van der Waals surface area contributed by atoms with E-state index in [-0.39, 0.29) is 18.1 Å². The number of pyridine rings is 1. The number of hydrogen-bond acceptors (Lipinski definition) is 3. The molecule has 0 bridgehead atoms. The molecule has 0 spiro atoms. The van der Waals surface area contributed by atoms with Crippen LogP contribution in [0, 0.1) is 0 Å². The van der Waals surface area contributed by atoms with Crippen LogP contribution in [0.1, 0.15) is 22.2 Å². The molecule has 3 aromatic carbocycles. The van der Waals surface area contributed by atoms with Crippen LogP contribution in [-0.4, -0.2) is 27.5 Å². The predicted octanol–water partition coefficient (Wildman–Crippen LogP) is 5.50. The fourth-order valence-corrected chi connectivity index (χ4v) is 4.11. The van der Waals surface area contributed by atoms with E-state index in [4.69, 9.17) is 11.6 Å². The van der Waals surface area contributed by atoms with Crippen LogP contribution in [0.3, 0.4) is 0 Å². The van der Waals surface area contributed by atoms with Crippen molar-refractivity contribution in [2.24, 2.45) is 0 Å². The number of hydrogen-bond donors (Lipinski definition) is 3. The Labute approximate surface area is 189 Å². The lowest BCUT2D eigenvalue weighted by Crippen LogP contribution is -2.29. The van der Waals surface area contributed by atoms with Gasteiger partial charge in [-0.1, -0.05) is 78.3 Å². The van der Waals surface area contributed by atoms with Gasteiger partial charge in [0.25, 0.3) is 5.91 Å². The van der Waals surface area contributed by atoms with E-state index in [1.807, 2.05) is 72.8 Å². The van der Waals surface area contributed by atoms with Crippen LogP contribution in [0.2, 0.25) is 5.02 Å². The Balaban J connectivity index is 1.56. The number of rotatable bonds is 5. The second-order valence-electron chi connectivity index (χ2n) is 7.57. The quantitative estimate of drug-likeness (QED) is 0.337. The zero-order chi connectivity index (χ0) is 22.1. The highest BCUT2D eigenvalue weighted by atomic mass is 35.5. The number of aromatic nitrogens is 2. The Hall–Kier alpha value is -3.67. The van der Waals surface area contributed by atoms with E-state index in [1.54, 1.807) is 12.1 Å². The monoisotopic (exact) mass is 441 g/mol. The van der Waals surface area contributed by atoms with Crippen LogP contribution >= 0.6 is 11.6 Å². The fourth-order valence-electron chi connectivity index (χ4n) is 3.88. The number of aliphatic hydroxyl groups is 1. The van der Waals surface area contributed by atoms with Crippen LogP contribution in [0.5, 0.6) is 0 Å². The molecule has 1 amide bonds. The molecule has 2 heterocycles.